The van der Waals surface area contributed by atoms with Crippen molar-refractivity contribution in [1.82, 2.24) is 0 Å². The van der Waals surface area contributed by atoms with E-state index in [0.29, 0.717) is 17.8 Å². The first-order valence-corrected chi connectivity index (χ1v) is 8.74. The van der Waals surface area contributed by atoms with Crippen LogP contribution in [0.25, 0.3) is 0 Å². The van der Waals surface area contributed by atoms with Crippen LogP contribution in [-0.4, -0.2) is 5.78 Å². The normalized spacial score (nSPS) is 45.3. The van der Waals surface area contributed by atoms with Gasteiger partial charge in [-0.25, -0.2) is 0 Å². The quantitative estimate of drug-likeness (QED) is 0.581. The van der Waals surface area contributed by atoms with Crippen molar-refractivity contribution in [3.63, 3.8) is 0 Å². The lowest BCUT2D eigenvalue weighted by molar-refractivity contribution is -0.114. The number of ketones is 1. The molecule has 0 heterocycles. The summed E-state index contributed by atoms with van der Waals surface area (Å²) < 4.78 is 0. The SMILES string of the molecule is C=C=C1CC(=O)C=C2CC[C@@H]3[C@H](CC[C@]4(C)CCC[C@@H]34)[C@@H]12. The topological polar surface area (TPSA) is 17.1 Å². The number of rotatable bonds is 0. The Bertz CT molecular complexity index is 562. The lowest BCUT2D eigenvalue weighted by Crippen LogP contribution is -2.45. The van der Waals surface area contributed by atoms with Crippen LogP contribution < -0.4 is 0 Å². The first-order valence-electron chi connectivity index (χ1n) is 8.74. The second-order valence-electron chi connectivity index (χ2n) is 8.10. The average molecular weight is 282 g/mol. The van der Waals surface area contributed by atoms with Gasteiger partial charge in [0.15, 0.2) is 5.78 Å². The highest BCUT2D eigenvalue weighted by atomic mass is 16.1. The molecule has 0 saturated heterocycles. The van der Waals surface area contributed by atoms with E-state index >= 15 is 0 Å². The molecule has 0 N–H and O–H groups in total. The van der Waals surface area contributed by atoms with Gasteiger partial charge in [0.1, 0.15) is 0 Å². The van der Waals surface area contributed by atoms with E-state index in [1.165, 1.54) is 49.7 Å². The molecule has 21 heavy (non-hydrogen) atoms. The van der Waals surface area contributed by atoms with Gasteiger partial charge in [0.2, 0.25) is 0 Å². The molecule has 0 radical (unpaired) electrons. The van der Waals surface area contributed by atoms with E-state index in [1.54, 1.807) is 0 Å². The minimum absolute atomic E-state index is 0.271. The molecule has 112 valence electrons. The molecule has 0 unspecified atom stereocenters. The molecule has 0 spiro atoms. The van der Waals surface area contributed by atoms with Gasteiger partial charge in [0.05, 0.1) is 0 Å². The third kappa shape index (κ3) is 1.94. The maximum Gasteiger partial charge on any atom is 0.160 e. The van der Waals surface area contributed by atoms with Crippen LogP contribution in [0.1, 0.15) is 58.3 Å². The third-order valence-corrected chi connectivity index (χ3v) is 7.18. The molecule has 0 aromatic heterocycles. The summed E-state index contributed by atoms with van der Waals surface area (Å²) in [6.45, 7) is 6.43. The van der Waals surface area contributed by atoms with Gasteiger partial charge >= 0.3 is 0 Å². The molecule has 0 aromatic carbocycles. The summed E-state index contributed by atoms with van der Waals surface area (Å²) >= 11 is 0. The van der Waals surface area contributed by atoms with Gasteiger partial charge in [0.25, 0.3) is 0 Å². The lowest BCUT2D eigenvalue weighted by Gasteiger charge is -2.53. The average Bonchev–Trinajstić information content (AvgIpc) is 2.87. The zero-order valence-corrected chi connectivity index (χ0v) is 13.2. The van der Waals surface area contributed by atoms with Gasteiger partial charge < -0.3 is 0 Å². The Morgan fingerprint density at radius 1 is 1.24 bits per heavy atom. The second-order valence-corrected chi connectivity index (χ2v) is 8.10. The minimum atomic E-state index is 0.271. The van der Waals surface area contributed by atoms with Gasteiger partial charge in [-0.3, -0.25) is 4.79 Å². The number of hydrogen-bond donors (Lipinski definition) is 0. The summed E-state index contributed by atoms with van der Waals surface area (Å²) in [7, 11) is 0. The van der Waals surface area contributed by atoms with Crippen molar-refractivity contribution in [2.45, 2.75) is 58.3 Å². The van der Waals surface area contributed by atoms with Gasteiger partial charge in [-0.1, -0.05) is 25.5 Å². The molecule has 4 rings (SSSR count). The molecule has 5 atom stereocenters. The number of fused-ring (bicyclic) bond motifs is 5. The Balaban J connectivity index is 1.71. The van der Waals surface area contributed by atoms with Gasteiger partial charge in [-0.2, -0.15) is 0 Å². The summed E-state index contributed by atoms with van der Waals surface area (Å²) in [4.78, 5) is 11.9. The van der Waals surface area contributed by atoms with Crippen molar-refractivity contribution in [2.24, 2.45) is 29.1 Å². The highest BCUT2D eigenvalue weighted by molar-refractivity contribution is 5.94. The zero-order valence-electron chi connectivity index (χ0n) is 13.2. The second kappa shape index (κ2) is 4.71. The number of allylic oxidation sites excluding steroid dienone is 2. The third-order valence-electron chi connectivity index (χ3n) is 7.18. The molecule has 1 nitrogen and oxygen atoms in total. The van der Waals surface area contributed by atoms with E-state index in [1.807, 2.05) is 6.08 Å². The van der Waals surface area contributed by atoms with Crippen LogP contribution in [0, 0.1) is 29.1 Å². The Kier molecular flexibility index (Phi) is 3.05. The Labute approximate surface area is 128 Å². The predicted molar refractivity (Wildman–Crippen MR) is 84.7 cm³/mol. The molecule has 4 aliphatic rings. The minimum Gasteiger partial charge on any atom is -0.294 e. The van der Waals surface area contributed by atoms with Crippen LogP contribution in [0.15, 0.2) is 29.5 Å². The first kappa shape index (κ1) is 13.6. The van der Waals surface area contributed by atoms with Crippen LogP contribution in [0.5, 0.6) is 0 Å². The van der Waals surface area contributed by atoms with Crippen LogP contribution in [0.2, 0.25) is 0 Å². The van der Waals surface area contributed by atoms with Crippen LogP contribution in [0.3, 0.4) is 0 Å². The zero-order chi connectivity index (χ0) is 14.6. The molecule has 0 aromatic rings. The van der Waals surface area contributed by atoms with Crippen molar-refractivity contribution in [3.05, 3.63) is 29.5 Å². The molecule has 0 amide bonds. The Morgan fingerprint density at radius 2 is 2.10 bits per heavy atom. The summed E-state index contributed by atoms with van der Waals surface area (Å²) in [6.07, 6.45) is 12.0. The van der Waals surface area contributed by atoms with E-state index < -0.39 is 0 Å². The monoisotopic (exact) mass is 282 g/mol. The standard InChI is InChI=1S/C20H26O/c1-3-13-11-15(21)12-14-6-7-16-17(19(13)14)8-10-20(2)9-4-5-18(16)20/h12,16-19H,1,4-11H2,2H3/t16-,17+,18+,19+,20+/m1/s1. The largest absolute Gasteiger partial charge is 0.294 e. The first-order chi connectivity index (χ1) is 10.1. The molecular weight excluding hydrogens is 256 g/mol. The Morgan fingerprint density at radius 3 is 2.90 bits per heavy atom. The van der Waals surface area contributed by atoms with E-state index in [4.69, 9.17) is 0 Å². The molecule has 1 heteroatoms. The summed E-state index contributed by atoms with van der Waals surface area (Å²) in [5.74, 6) is 3.35. The molecule has 0 bridgehead atoms. The van der Waals surface area contributed by atoms with Crippen LogP contribution in [0.4, 0.5) is 0 Å². The highest BCUT2D eigenvalue weighted by Gasteiger charge is 2.53. The van der Waals surface area contributed by atoms with Crippen molar-refractivity contribution in [2.75, 3.05) is 0 Å². The van der Waals surface area contributed by atoms with Crippen molar-refractivity contribution in [3.8, 4) is 0 Å². The van der Waals surface area contributed by atoms with Gasteiger partial charge in [-0.05, 0) is 73.3 Å². The smallest absolute Gasteiger partial charge is 0.160 e. The molecule has 4 aliphatic carbocycles. The Hall–Kier alpha value is -1.07. The van der Waals surface area contributed by atoms with Crippen LogP contribution in [-0.2, 0) is 4.79 Å². The van der Waals surface area contributed by atoms with E-state index in [2.05, 4.69) is 19.2 Å². The molecule has 3 fully saturated rings. The van der Waals surface area contributed by atoms with E-state index in [-0.39, 0.29) is 5.78 Å². The fraction of sp³-hybridized carbons (Fsp3) is 0.700. The molecule has 0 aliphatic heterocycles. The van der Waals surface area contributed by atoms with Gasteiger partial charge in [-0.15, -0.1) is 5.73 Å². The number of carbonyl (C=O) groups is 1. The summed E-state index contributed by atoms with van der Waals surface area (Å²) in [5.41, 5.74) is 6.36. The van der Waals surface area contributed by atoms with Crippen molar-refractivity contribution < 1.29 is 4.79 Å². The lowest BCUT2D eigenvalue weighted by atomic mass is 9.52. The molecular formula is C20H26O. The fourth-order valence-corrected chi connectivity index (χ4v) is 6.27. The maximum atomic E-state index is 11.9. The number of carbonyl (C=O) groups excluding carboxylic acids is 1. The van der Waals surface area contributed by atoms with E-state index in [9.17, 15) is 4.79 Å². The van der Waals surface area contributed by atoms with Crippen molar-refractivity contribution >= 4 is 5.78 Å². The summed E-state index contributed by atoms with van der Waals surface area (Å²) in [5, 5.41) is 0. The number of hydrogen-bond acceptors (Lipinski definition) is 1. The highest BCUT2D eigenvalue weighted by Crippen LogP contribution is 2.62. The maximum absolute atomic E-state index is 11.9. The van der Waals surface area contributed by atoms with E-state index in [0.717, 1.165) is 24.2 Å². The summed E-state index contributed by atoms with van der Waals surface area (Å²) in [6, 6.07) is 0. The fourth-order valence-electron chi connectivity index (χ4n) is 6.27. The van der Waals surface area contributed by atoms with Gasteiger partial charge in [0, 0.05) is 12.3 Å². The van der Waals surface area contributed by atoms with Crippen molar-refractivity contribution in [1.29, 1.82) is 0 Å². The molecule has 3 saturated carbocycles. The predicted octanol–water partition coefficient (Wildman–Crippen LogP) is 4.84. The van der Waals surface area contributed by atoms with Crippen LogP contribution >= 0.6 is 0 Å².